The Labute approximate surface area is 92.6 Å². The number of rotatable bonds is 4. The van der Waals surface area contributed by atoms with Crippen molar-refractivity contribution < 1.29 is 9.53 Å². The topological polar surface area (TPSA) is 87.4 Å². The SMILES string of the molecule is CCOC(=O)/C(C#N)=N/Nc1cccnc1. The van der Waals surface area contributed by atoms with Gasteiger partial charge < -0.3 is 4.74 Å². The number of nitrogens with zero attached hydrogens (tertiary/aromatic N) is 3. The molecule has 1 heterocycles. The van der Waals surface area contributed by atoms with Gasteiger partial charge in [-0.05, 0) is 19.1 Å². The highest BCUT2D eigenvalue weighted by Gasteiger charge is 2.11. The number of esters is 1. The lowest BCUT2D eigenvalue weighted by atomic mass is 10.4. The summed E-state index contributed by atoms with van der Waals surface area (Å²) < 4.78 is 4.64. The molecule has 0 unspecified atom stereocenters. The molecule has 0 bridgehead atoms. The summed E-state index contributed by atoms with van der Waals surface area (Å²) in [5.74, 6) is -0.749. The van der Waals surface area contributed by atoms with E-state index in [0.29, 0.717) is 5.69 Å². The van der Waals surface area contributed by atoms with Crippen LogP contribution in [-0.2, 0) is 9.53 Å². The van der Waals surface area contributed by atoms with E-state index in [2.05, 4.69) is 20.2 Å². The molecule has 0 aliphatic heterocycles. The molecule has 0 aliphatic rings. The fourth-order valence-electron chi connectivity index (χ4n) is 0.865. The van der Waals surface area contributed by atoms with E-state index < -0.39 is 5.97 Å². The predicted octanol–water partition coefficient (Wildman–Crippen LogP) is 0.936. The molecule has 0 atom stereocenters. The number of pyridine rings is 1. The normalized spacial score (nSPS) is 10.4. The van der Waals surface area contributed by atoms with Crippen molar-refractivity contribution in [3.63, 3.8) is 0 Å². The van der Waals surface area contributed by atoms with E-state index in [1.54, 1.807) is 31.3 Å². The van der Waals surface area contributed by atoms with Gasteiger partial charge in [0.2, 0.25) is 5.71 Å². The molecule has 0 saturated carbocycles. The second-order valence-electron chi connectivity index (χ2n) is 2.65. The minimum atomic E-state index is -0.749. The van der Waals surface area contributed by atoms with E-state index in [0.717, 1.165) is 0 Å². The summed E-state index contributed by atoms with van der Waals surface area (Å²) in [5.41, 5.74) is 2.79. The lowest BCUT2D eigenvalue weighted by Crippen LogP contribution is -2.17. The minimum Gasteiger partial charge on any atom is -0.461 e. The van der Waals surface area contributed by atoms with E-state index in [1.807, 2.05) is 0 Å². The van der Waals surface area contributed by atoms with Crippen molar-refractivity contribution in [1.82, 2.24) is 4.98 Å². The summed E-state index contributed by atoms with van der Waals surface area (Å²) in [7, 11) is 0. The molecule has 0 saturated heterocycles. The molecule has 0 radical (unpaired) electrons. The van der Waals surface area contributed by atoms with Gasteiger partial charge >= 0.3 is 5.97 Å². The van der Waals surface area contributed by atoms with Crippen LogP contribution in [0.25, 0.3) is 0 Å². The number of anilines is 1. The maximum atomic E-state index is 11.2. The lowest BCUT2D eigenvalue weighted by molar-refractivity contribution is -0.134. The van der Waals surface area contributed by atoms with Gasteiger partial charge in [-0.25, -0.2) is 4.79 Å². The fourth-order valence-corrected chi connectivity index (χ4v) is 0.865. The highest BCUT2D eigenvalue weighted by Crippen LogP contribution is 2.02. The Bertz CT molecular complexity index is 422. The predicted molar refractivity (Wildman–Crippen MR) is 57.5 cm³/mol. The van der Waals surface area contributed by atoms with Gasteiger partial charge in [0.25, 0.3) is 0 Å². The number of hydrazone groups is 1. The Morgan fingerprint density at radius 2 is 2.56 bits per heavy atom. The maximum absolute atomic E-state index is 11.2. The van der Waals surface area contributed by atoms with Gasteiger partial charge in [-0.2, -0.15) is 10.4 Å². The first-order valence-electron chi connectivity index (χ1n) is 4.59. The quantitative estimate of drug-likeness (QED) is 0.461. The van der Waals surface area contributed by atoms with E-state index in [4.69, 9.17) is 5.26 Å². The largest absolute Gasteiger partial charge is 0.461 e. The molecule has 6 heteroatoms. The van der Waals surface area contributed by atoms with Crippen molar-refractivity contribution in [2.75, 3.05) is 12.0 Å². The smallest absolute Gasteiger partial charge is 0.369 e. The molecule has 16 heavy (non-hydrogen) atoms. The molecule has 0 aliphatic carbocycles. The zero-order valence-corrected chi connectivity index (χ0v) is 8.67. The van der Waals surface area contributed by atoms with Gasteiger partial charge in [-0.1, -0.05) is 0 Å². The fraction of sp³-hybridized carbons (Fsp3) is 0.200. The highest BCUT2D eigenvalue weighted by molar-refractivity contribution is 6.43. The number of ether oxygens (including phenoxy) is 1. The van der Waals surface area contributed by atoms with Crippen molar-refractivity contribution in [2.45, 2.75) is 6.92 Å². The third-order valence-corrected chi connectivity index (χ3v) is 1.53. The molecule has 1 rings (SSSR count). The standard InChI is InChI=1S/C10H10N4O2/c1-2-16-10(15)9(6-11)14-13-8-4-3-5-12-7-8/h3-5,7,13H,2H2,1H3/b14-9+. The molecule has 1 N–H and O–H groups in total. The summed E-state index contributed by atoms with van der Waals surface area (Å²) >= 11 is 0. The summed E-state index contributed by atoms with van der Waals surface area (Å²) in [6.45, 7) is 1.86. The van der Waals surface area contributed by atoms with Crippen LogP contribution in [-0.4, -0.2) is 23.3 Å². The summed E-state index contributed by atoms with van der Waals surface area (Å²) in [6.07, 6.45) is 3.12. The number of aromatic nitrogens is 1. The van der Waals surface area contributed by atoms with Gasteiger partial charge in [0.05, 0.1) is 18.5 Å². The molecule has 6 nitrogen and oxygen atoms in total. The third-order valence-electron chi connectivity index (χ3n) is 1.53. The number of nitriles is 1. The highest BCUT2D eigenvalue weighted by atomic mass is 16.5. The van der Waals surface area contributed by atoms with Crippen LogP contribution in [0.1, 0.15) is 6.92 Å². The van der Waals surface area contributed by atoms with Crippen LogP contribution in [0.2, 0.25) is 0 Å². The van der Waals surface area contributed by atoms with Crippen LogP contribution < -0.4 is 5.43 Å². The van der Waals surface area contributed by atoms with Crippen LogP contribution in [0.4, 0.5) is 5.69 Å². The Morgan fingerprint density at radius 3 is 3.12 bits per heavy atom. The average Bonchev–Trinajstić information content (AvgIpc) is 2.31. The first-order valence-corrected chi connectivity index (χ1v) is 4.59. The number of hydrogen-bond donors (Lipinski definition) is 1. The van der Waals surface area contributed by atoms with Gasteiger partial charge in [0, 0.05) is 6.20 Å². The second kappa shape index (κ2) is 6.14. The Hall–Kier alpha value is -2.42. The van der Waals surface area contributed by atoms with Crippen molar-refractivity contribution in [1.29, 1.82) is 5.26 Å². The lowest BCUT2D eigenvalue weighted by Gasteiger charge is -2.00. The molecule has 1 aromatic heterocycles. The van der Waals surface area contributed by atoms with Gasteiger partial charge in [-0.15, -0.1) is 0 Å². The molecular weight excluding hydrogens is 208 g/mol. The number of nitrogens with one attached hydrogen (secondary N) is 1. The Balaban J connectivity index is 2.68. The van der Waals surface area contributed by atoms with Crippen molar-refractivity contribution in [3.8, 4) is 6.07 Å². The summed E-state index contributed by atoms with van der Waals surface area (Å²) in [6, 6.07) is 5.06. The average molecular weight is 218 g/mol. The molecule has 0 amide bonds. The van der Waals surface area contributed by atoms with E-state index in [1.165, 1.54) is 6.20 Å². The van der Waals surface area contributed by atoms with Crippen LogP contribution in [0.15, 0.2) is 29.6 Å². The minimum absolute atomic E-state index is 0.201. The van der Waals surface area contributed by atoms with Crippen LogP contribution >= 0.6 is 0 Å². The molecule has 0 fully saturated rings. The monoisotopic (exact) mass is 218 g/mol. The second-order valence-corrected chi connectivity index (χ2v) is 2.65. The van der Waals surface area contributed by atoms with Gasteiger partial charge in [0.15, 0.2) is 0 Å². The van der Waals surface area contributed by atoms with E-state index >= 15 is 0 Å². The molecule has 82 valence electrons. The third kappa shape index (κ3) is 3.38. The van der Waals surface area contributed by atoms with E-state index in [-0.39, 0.29) is 12.3 Å². The number of carbonyl (C=O) groups is 1. The molecule has 1 aromatic rings. The van der Waals surface area contributed by atoms with Crippen LogP contribution in [0.5, 0.6) is 0 Å². The number of hydrogen-bond acceptors (Lipinski definition) is 6. The van der Waals surface area contributed by atoms with Crippen LogP contribution in [0.3, 0.4) is 0 Å². The first-order chi connectivity index (χ1) is 7.77. The number of carbonyl (C=O) groups excluding carboxylic acids is 1. The maximum Gasteiger partial charge on any atom is 0.369 e. The van der Waals surface area contributed by atoms with Crippen molar-refractivity contribution in [2.24, 2.45) is 5.10 Å². The van der Waals surface area contributed by atoms with Gasteiger partial charge in [0.1, 0.15) is 6.07 Å². The van der Waals surface area contributed by atoms with Crippen LogP contribution in [0, 0.1) is 11.3 Å². The zero-order valence-electron chi connectivity index (χ0n) is 8.67. The van der Waals surface area contributed by atoms with Crippen molar-refractivity contribution in [3.05, 3.63) is 24.5 Å². The summed E-state index contributed by atoms with van der Waals surface area (Å²) in [4.78, 5) is 15.0. The molecular formula is C10H10N4O2. The zero-order chi connectivity index (χ0) is 11.8. The Kier molecular flexibility index (Phi) is 4.47. The van der Waals surface area contributed by atoms with Gasteiger partial charge in [-0.3, -0.25) is 10.4 Å². The first kappa shape index (κ1) is 11.7. The van der Waals surface area contributed by atoms with E-state index in [9.17, 15) is 4.79 Å². The summed E-state index contributed by atoms with van der Waals surface area (Å²) in [5, 5.41) is 12.3. The van der Waals surface area contributed by atoms with Crippen molar-refractivity contribution >= 4 is 17.4 Å². The molecule has 0 spiro atoms. The molecule has 0 aromatic carbocycles. The Morgan fingerprint density at radius 1 is 1.75 bits per heavy atom.